The van der Waals surface area contributed by atoms with Crippen molar-refractivity contribution < 1.29 is 14.3 Å². The Hall–Kier alpha value is -2.82. The lowest BCUT2D eigenvalue weighted by atomic mass is 10.1. The van der Waals surface area contributed by atoms with Gasteiger partial charge in [-0.05, 0) is 36.2 Å². The number of nitrogens with one attached hydrogen (secondary N) is 1. The van der Waals surface area contributed by atoms with E-state index in [2.05, 4.69) is 10.3 Å². The van der Waals surface area contributed by atoms with E-state index in [1.165, 1.54) is 17.7 Å². The predicted molar refractivity (Wildman–Crippen MR) is 79.5 cm³/mol. The maximum Gasteiger partial charge on any atom is 0.335 e. The molecule has 0 unspecified atom stereocenters. The van der Waals surface area contributed by atoms with Gasteiger partial charge in [-0.25, -0.2) is 4.79 Å². The summed E-state index contributed by atoms with van der Waals surface area (Å²) in [5.41, 5.74) is 3.62. The van der Waals surface area contributed by atoms with Crippen LogP contribution in [-0.4, -0.2) is 16.1 Å². The Balaban J connectivity index is 1.82. The lowest BCUT2D eigenvalue weighted by Gasteiger charge is -2.04. The van der Waals surface area contributed by atoms with Crippen molar-refractivity contribution in [3.05, 3.63) is 59.2 Å². The molecule has 0 bridgehead atoms. The Morgan fingerprint density at radius 3 is 2.86 bits per heavy atom. The first-order chi connectivity index (χ1) is 10.1. The van der Waals surface area contributed by atoms with E-state index in [1.54, 1.807) is 6.07 Å². The molecule has 0 saturated heterocycles. The summed E-state index contributed by atoms with van der Waals surface area (Å²) in [4.78, 5) is 15.2. The normalized spacial score (nSPS) is 10.7. The minimum atomic E-state index is -0.984. The number of rotatable bonds is 4. The summed E-state index contributed by atoms with van der Waals surface area (Å²) in [5, 5.41) is 12.1. The van der Waals surface area contributed by atoms with E-state index < -0.39 is 5.97 Å². The van der Waals surface area contributed by atoms with Gasteiger partial charge in [0.05, 0.1) is 5.56 Å². The highest BCUT2D eigenvalue weighted by Gasteiger charge is 2.09. The zero-order valence-corrected chi connectivity index (χ0v) is 11.5. The number of hydrogen-bond donors (Lipinski definition) is 2. The van der Waals surface area contributed by atoms with Crippen LogP contribution in [0, 0.1) is 6.92 Å². The average molecular weight is 282 g/mol. The number of carboxylic acids is 1. The lowest BCUT2D eigenvalue weighted by Crippen LogP contribution is -2.00. The number of oxazole rings is 1. The maximum atomic E-state index is 10.9. The first-order valence-corrected chi connectivity index (χ1v) is 6.56. The molecule has 0 aliphatic rings. The molecule has 0 fully saturated rings. The number of benzene rings is 2. The molecule has 0 radical (unpaired) electrons. The van der Waals surface area contributed by atoms with E-state index in [0.717, 1.165) is 5.56 Å². The minimum absolute atomic E-state index is 0.184. The molecule has 3 aromatic rings. The molecule has 3 rings (SSSR count). The summed E-state index contributed by atoms with van der Waals surface area (Å²) in [5.74, 6) is -0.984. The average Bonchev–Trinajstić information content (AvgIpc) is 2.88. The fourth-order valence-corrected chi connectivity index (χ4v) is 2.11. The van der Waals surface area contributed by atoms with Crippen molar-refractivity contribution in [1.82, 2.24) is 4.98 Å². The highest BCUT2D eigenvalue weighted by Crippen LogP contribution is 2.21. The molecule has 21 heavy (non-hydrogen) atoms. The zero-order valence-electron chi connectivity index (χ0n) is 11.5. The molecule has 0 atom stereocenters. The number of carbonyl (C=O) groups is 1. The van der Waals surface area contributed by atoms with Crippen LogP contribution < -0.4 is 5.32 Å². The molecule has 0 aliphatic carbocycles. The van der Waals surface area contributed by atoms with Crippen LogP contribution in [-0.2, 0) is 6.54 Å². The van der Waals surface area contributed by atoms with Gasteiger partial charge < -0.3 is 14.8 Å². The topological polar surface area (TPSA) is 75.4 Å². The second kappa shape index (κ2) is 5.28. The smallest absolute Gasteiger partial charge is 0.335 e. The molecule has 0 spiro atoms. The van der Waals surface area contributed by atoms with Crippen molar-refractivity contribution in [2.24, 2.45) is 0 Å². The lowest BCUT2D eigenvalue weighted by molar-refractivity contribution is 0.0697. The number of aromatic nitrogens is 1. The van der Waals surface area contributed by atoms with Gasteiger partial charge in [-0.1, -0.05) is 24.3 Å². The number of aryl methyl sites for hydroxylation is 1. The first kappa shape index (κ1) is 13.2. The minimum Gasteiger partial charge on any atom is -0.478 e. The van der Waals surface area contributed by atoms with Gasteiger partial charge >= 0.3 is 5.97 Å². The molecule has 2 N–H and O–H groups in total. The third-order valence-electron chi connectivity index (χ3n) is 3.33. The number of anilines is 1. The molecule has 1 heterocycles. The van der Waals surface area contributed by atoms with Gasteiger partial charge in [0.2, 0.25) is 0 Å². The van der Waals surface area contributed by atoms with E-state index in [1.807, 2.05) is 31.2 Å². The van der Waals surface area contributed by atoms with Crippen LogP contribution in [0.1, 0.15) is 21.5 Å². The number of carboxylic acid groups (broad SMARTS) is 1. The van der Waals surface area contributed by atoms with Crippen LogP contribution in [0.3, 0.4) is 0 Å². The molecule has 106 valence electrons. The molecular formula is C16H14N2O3. The molecule has 0 aliphatic heterocycles. The van der Waals surface area contributed by atoms with E-state index in [-0.39, 0.29) is 5.56 Å². The van der Waals surface area contributed by atoms with Crippen molar-refractivity contribution in [1.29, 1.82) is 0 Å². The fourth-order valence-electron chi connectivity index (χ4n) is 2.11. The number of nitrogens with zero attached hydrogens (tertiary/aromatic N) is 1. The number of fused-ring (bicyclic) bond motifs is 1. The van der Waals surface area contributed by atoms with Crippen LogP contribution in [0.25, 0.3) is 11.1 Å². The Morgan fingerprint density at radius 2 is 2.10 bits per heavy atom. The Morgan fingerprint density at radius 1 is 1.29 bits per heavy atom. The summed E-state index contributed by atoms with van der Waals surface area (Å²) >= 11 is 0. The van der Waals surface area contributed by atoms with Gasteiger partial charge in [-0.15, -0.1) is 0 Å². The molecular weight excluding hydrogens is 268 g/mol. The summed E-state index contributed by atoms with van der Waals surface area (Å²) in [6, 6.07) is 13.1. The molecule has 0 amide bonds. The third kappa shape index (κ3) is 2.72. The van der Waals surface area contributed by atoms with Gasteiger partial charge in [-0.2, -0.15) is 4.98 Å². The Bertz CT molecular complexity index is 808. The second-order valence-electron chi connectivity index (χ2n) is 4.79. The Labute approximate surface area is 121 Å². The standard InChI is InChI=1S/C16H14N2O3/c1-10-4-2-3-5-12(10)9-17-16-18-13-7-6-11(15(19)20)8-14(13)21-16/h2-8H,9H2,1H3,(H,17,18)(H,19,20). The molecule has 5 nitrogen and oxygen atoms in total. The van der Waals surface area contributed by atoms with Crippen LogP contribution in [0.5, 0.6) is 0 Å². The monoisotopic (exact) mass is 282 g/mol. The van der Waals surface area contributed by atoms with Gasteiger partial charge in [0.15, 0.2) is 5.58 Å². The Kier molecular flexibility index (Phi) is 3.31. The quantitative estimate of drug-likeness (QED) is 0.766. The third-order valence-corrected chi connectivity index (χ3v) is 3.33. The maximum absolute atomic E-state index is 10.9. The van der Waals surface area contributed by atoms with E-state index in [4.69, 9.17) is 9.52 Å². The molecule has 0 saturated carbocycles. The van der Waals surface area contributed by atoms with Crippen LogP contribution in [0.4, 0.5) is 6.01 Å². The first-order valence-electron chi connectivity index (χ1n) is 6.56. The summed E-state index contributed by atoms with van der Waals surface area (Å²) in [6.45, 7) is 2.65. The van der Waals surface area contributed by atoms with Gasteiger partial charge in [-0.3, -0.25) is 0 Å². The number of aromatic carboxylic acids is 1. The SMILES string of the molecule is Cc1ccccc1CNc1nc2ccc(C(=O)O)cc2o1. The highest BCUT2D eigenvalue weighted by atomic mass is 16.4. The molecule has 5 heteroatoms. The largest absolute Gasteiger partial charge is 0.478 e. The van der Waals surface area contributed by atoms with Crippen molar-refractivity contribution >= 4 is 23.1 Å². The van der Waals surface area contributed by atoms with Crippen LogP contribution in [0.2, 0.25) is 0 Å². The van der Waals surface area contributed by atoms with Crippen molar-refractivity contribution in [3.63, 3.8) is 0 Å². The van der Waals surface area contributed by atoms with E-state index in [9.17, 15) is 4.79 Å². The van der Waals surface area contributed by atoms with Crippen LogP contribution in [0.15, 0.2) is 46.9 Å². The fraction of sp³-hybridized carbons (Fsp3) is 0.125. The summed E-state index contributed by atoms with van der Waals surface area (Å²) < 4.78 is 5.53. The van der Waals surface area contributed by atoms with Gasteiger partial charge in [0.25, 0.3) is 6.01 Å². The van der Waals surface area contributed by atoms with Crippen LogP contribution >= 0.6 is 0 Å². The summed E-state index contributed by atoms with van der Waals surface area (Å²) in [7, 11) is 0. The van der Waals surface area contributed by atoms with E-state index >= 15 is 0 Å². The second-order valence-corrected chi connectivity index (χ2v) is 4.79. The zero-order chi connectivity index (χ0) is 14.8. The summed E-state index contributed by atoms with van der Waals surface area (Å²) in [6.07, 6.45) is 0. The van der Waals surface area contributed by atoms with E-state index in [0.29, 0.717) is 23.7 Å². The van der Waals surface area contributed by atoms with Gasteiger partial charge in [0.1, 0.15) is 5.52 Å². The van der Waals surface area contributed by atoms with Gasteiger partial charge in [0, 0.05) is 6.54 Å². The van der Waals surface area contributed by atoms with Crippen molar-refractivity contribution in [2.45, 2.75) is 13.5 Å². The number of hydrogen-bond acceptors (Lipinski definition) is 4. The highest BCUT2D eigenvalue weighted by molar-refractivity contribution is 5.92. The predicted octanol–water partition coefficient (Wildman–Crippen LogP) is 3.45. The van der Waals surface area contributed by atoms with Crippen molar-refractivity contribution in [3.8, 4) is 0 Å². The molecule has 1 aromatic heterocycles. The van der Waals surface area contributed by atoms with Crippen molar-refractivity contribution in [2.75, 3.05) is 5.32 Å². The molecule has 2 aromatic carbocycles.